The highest BCUT2D eigenvalue weighted by Gasteiger charge is 2.26. The van der Waals surface area contributed by atoms with Gasteiger partial charge in [0, 0.05) is 44.0 Å². The number of fused-ring (bicyclic) bond motifs is 2. The number of aliphatic imine (C=N–C) groups is 1. The zero-order chi connectivity index (χ0) is 21.5. The highest BCUT2D eigenvalue weighted by atomic mass is 16.6. The van der Waals surface area contributed by atoms with Crippen molar-refractivity contribution in [3.05, 3.63) is 78.3 Å². The molecule has 8 heteroatoms. The molecule has 0 bridgehead atoms. The molecule has 0 saturated carbocycles. The first-order valence-electron chi connectivity index (χ1n) is 10.5. The Balaban J connectivity index is 1.17. The predicted octanol–water partition coefficient (Wildman–Crippen LogP) is 3.08. The molecule has 2 aliphatic heterocycles. The molecule has 0 unspecified atom stereocenters. The third-order valence-electron chi connectivity index (χ3n) is 5.75. The smallest absolute Gasteiger partial charge is 0.365 e. The minimum absolute atomic E-state index is 0.292. The number of benzene rings is 2. The summed E-state index contributed by atoms with van der Waals surface area (Å²) in [5.41, 5.74) is 3.89. The molecule has 8 nitrogen and oxygen atoms in total. The van der Waals surface area contributed by atoms with Crippen LogP contribution >= 0.6 is 0 Å². The van der Waals surface area contributed by atoms with Crippen molar-refractivity contribution in [1.82, 2.24) is 19.9 Å². The lowest BCUT2D eigenvalue weighted by molar-refractivity contribution is -0.130. The first kappa shape index (κ1) is 18.6. The lowest BCUT2D eigenvalue weighted by Gasteiger charge is -2.33. The molecule has 1 N–H and O–H groups in total. The predicted molar refractivity (Wildman–Crippen MR) is 122 cm³/mol. The Hall–Kier alpha value is -4.20. The Kier molecular flexibility index (Phi) is 4.34. The number of para-hydroxylation sites is 3. The molecule has 0 spiro atoms. The number of carbonyl (C=O) groups excluding carboxylic acids is 1. The summed E-state index contributed by atoms with van der Waals surface area (Å²) >= 11 is 0. The van der Waals surface area contributed by atoms with Crippen LogP contribution in [-0.2, 0) is 9.53 Å². The van der Waals surface area contributed by atoms with E-state index in [-0.39, 0.29) is 0 Å². The summed E-state index contributed by atoms with van der Waals surface area (Å²) in [6, 6.07) is 17.8. The number of imidazole rings is 1. The van der Waals surface area contributed by atoms with Crippen molar-refractivity contribution in [2.24, 2.45) is 4.99 Å². The number of esters is 1. The molecule has 32 heavy (non-hydrogen) atoms. The molecule has 4 heterocycles. The van der Waals surface area contributed by atoms with E-state index in [9.17, 15) is 4.79 Å². The number of carbonyl (C=O) groups is 1. The fraction of sp³-hybridized carbons (Fsp3) is 0.167. The van der Waals surface area contributed by atoms with Crippen molar-refractivity contribution < 1.29 is 9.53 Å². The number of ether oxygens (including phenoxy) is 1. The van der Waals surface area contributed by atoms with E-state index in [1.807, 2.05) is 54.6 Å². The summed E-state index contributed by atoms with van der Waals surface area (Å²) < 4.78 is 5.43. The van der Waals surface area contributed by atoms with Gasteiger partial charge < -0.3 is 19.5 Å². The van der Waals surface area contributed by atoms with Crippen LogP contribution in [-0.4, -0.2) is 57.9 Å². The summed E-state index contributed by atoms with van der Waals surface area (Å²) in [5, 5.41) is 0.975. The second-order valence-electron chi connectivity index (χ2n) is 7.84. The number of nitrogens with zero attached hydrogens (tertiary/aromatic N) is 5. The average Bonchev–Trinajstić information content (AvgIpc) is 3.43. The van der Waals surface area contributed by atoms with Crippen molar-refractivity contribution in [2.45, 2.75) is 0 Å². The Morgan fingerprint density at radius 3 is 2.59 bits per heavy atom. The standard InChI is InChI=1S/C24H20N6O2/c31-23-21(26-22(32-23)17-13-16-5-1-2-6-18(16)25-14-17)15-29-9-11-30(12-10-29)24-27-19-7-3-4-8-20(19)28-24/h1-8,13-15H,9-12H2,(H,27,28)/b21-15+. The summed E-state index contributed by atoms with van der Waals surface area (Å²) in [6.45, 7) is 3.11. The second kappa shape index (κ2) is 7.49. The van der Waals surface area contributed by atoms with E-state index in [0.29, 0.717) is 17.2 Å². The van der Waals surface area contributed by atoms with Gasteiger partial charge in [0.05, 0.1) is 22.1 Å². The van der Waals surface area contributed by atoms with Crippen LogP contribution in [0.15, 0.2) is 77.7 Å². The number of aromatic amines is 1. The minimum Gasteiger partial charge on any atom is -0.402 e. The van der Waals surface area contributed by atoms with Crippen molar-refractivity contribution in [3.8, 4) is 0 Å². The molecular weight excluding hydrogens is 404 g/mol. The Bertz CT molecular complexity index is 1360. The zero-order valence-corrected chi connectivity index (χ0v) is 17.2. The third kappa shape index (κ3) is 3.35. The fourth-order valence-electron chi connectivity index (χ4n) is 4.04. The van der Waals surface area contributed by atoms with Gasteiger partial charge in [-0.05, 0) is 24.3 Å². The number of aromatic nitrogens is 3. The van der Waals surface area contributed by atoms with Crippen LogP contribution in [0.25, 0.3) is 21.9 Å². The third-order valence-corrected chi connectivity index (χ3v) is 5.75. The maximum atomic E-state index is 12.4. The number of H-pyrrole nitrogens is 1. The van der Waals surface area contributed by atoms with Crippen molar-refractivity contribution in [3.63, 3.8) is 0 Å². The Labute approximate surface area is 183 Å². The van der Waals surface area contributed by atoms with E-state index in [0.717, 1.165) is 54.1 Å². The van der Waals surface area contributed by atoms with Gasteiger partial charge in [-0.3, -0.25) is 4.98 Å². The number of pyridine rings is 1. The lowest BCUT2D eigenvalue weighted by Crippen LogP contribution is -2.44. The normalized spacial score (nSPS) is 17.9. The fourth-order valence-corrected chi connectivity index (χ4v) is 4.04. The number of hydrogen-bond acceptors (Lipinski definition) is 7. The maximum Gasteiger partial charge on any atom is 0.365 e. The highest BCUT2D eigenvalue weighted by molar-refractivity contribution is 6.11. The molecule has 2 aliphatic rings. The van der Waals surface area contributed by atoms with Gasteiger partial charge in [-0.1, -0.05) is 30.3 Å². The van der Waals surface area contributed by atoms with Gasteiger partial charge in [0.2, 0.25) is 11.8 Å². The number of cyclic esters (lactones) is 1. The van der Waals surface area contributed by atoms with Crippen LogP contribution in [0.2, 0.25) is 0 Å². The first-order valence-corrected chi connectivity index (χ1v) is 10.5. The highest BCUT2D eigenvalue weighted by Crippen LogP contribution is 2.22. The molecule has 6 rings (SSSR count). The van der Waals surface area contributed by atoms with E-state index >= 15 is 0 Å². The number of anilines is 1. The van der Waals surface area contributed by atoms with E-state index in [1.54, 1.807) is 12.4 Å². The van der Waals surface area contributed by atoms with Crippen LogP contribution in [0.1, 0.15) is 5.56 Å². The number of rotatable bonds is 3. The number of hydrogen-bond donors (Lipinski definition) is 1. The molecule has 158 valence electrons. The van der Waals surface area contributed by atoms with Gasteiger partial charge in [0.25, 0.3) is 0 Å². The maximum absolute atomic E-state index is 12.4. The van der Waals surface area contributed by atoms with Crippen molar-refractivity contribution in [2.75, 3.05) is 31.1 Å². The molecule has 0 atom stereocenters. The van der Waals surface area contributed by atoms with Crippen LogP contribution in [0.4, 0.5) is 5.95 Å². The molecule has 1 saturated heterocycles. The molecule has 2 aromatic heterocycles. The lowest BCUT2D eigenvalue weighted by atomic mass is 10.1. The van der Waals surface area contributed by atoms with Gasteiger partial charge in [0.1, 0.15) is 0 Å². The van der Waals surface area contributed by atoms with Crippen LogP contribution < -0.4 is 4.90 Å². The molecule has 0 amide bonds. The van der Waals surface area contributed by atoms with Crippen molar-refractivity contribution >= 4 is 39.8 Å². The second-order valence-corrected chi connectivity index (χ2v) is 7.84. The van der Waals surface area contributed by atoms with E-state index in [2.05, 4.69) is 29.7 Å². The van der Waals surface area contributed by atoms with E-state index < -0.39 is 5.97 Å². The summed E-state index contributed by atoms with van der Waals surface area (Å²) in [6.07, 6.45) is 3.48. The van der Waals surface area contributed by atoms with Crippen LogP contribution in [0.3, 0.4) is 0 Å². The van der Waals surface area contributed by atoms with Crippen LogP contribution in [0.5, 0.6) is 0 Å². The first-order chi connectivity index (χ1) is 15.7. The number of nitrogens with one attached hydrogen (secondary N) is 1. The average molecular weight is 424 g/mol. The molecule has 0 radical (unpaired) electrons. The number of piperazine rings is 1. The monoisotopic (exact) mass is 424 g/mol. The minimum atomic E-state index is -0.437. The van der Waals surface area contributed by atoms with Gasteiger partial charge in [-0.25, -0.2) is 14.8 Å². The van der Waals surface area contributed by atoms with Gasteiger partial charge >= 0.3 is 5.97 Å². The van der Waals surface area contributed by atoms with Gasteiger partial charge in [-0.15, -0.1) is 0 Å². The van der Waals surface area contributed by atoms with E-state index in [4.69, 9.17) is 4.74 Å². The van der Waals surface area contributed by atoms with Gasteiger partial charge in [0.15, 0.2) is 5.70 Å². The quantitative estimate of drug-likeness (QED) is 0.402. The molecule has 1 fully saturated rings. The topological polar surface area (TPSA) is 86.7 Å². The molecule has 0 aliphatic carbocycles. The Morgan fingerprint density at radius 1 is 0.969 bits per heavy atom. The summed E-state index contributed by atoms with van der Waals surface area (Å²) in [5.74, 6) is 0.733. The van der Waals surface area contributed by atoms with Crippen molar-refractivity contribution in [1.29, 1.82) is 0 Å². The van der Waals surface area contributed by atoms with Crippen LogP contribution in [0, 0.1) is 0 Å². The van der Waals surface area contributed by atoms with E-state index in [1.165, 1.54) is 0 Å². The summed E-state index contributed by atoms with van der Waals surface area (Å²) in [7, 11) is 0. The molecule has 4 aromatic rings. The van der Waals surface area contributed by atoms with Gasteiger partial charge in [-0.2, -0.15) is 0 Å². The summed E-state index contributed by atoms with van der Waals surface area (Å²) in [4.78, 5) is 33.6. The molecular formula is C24H20N6O2. The Morgan fingerprint density at radius 2 is 1.75 bits per heavy atom. The SMILES string of the molecule is O=C1OC(c2cnc3ccccc3c2)=N/C1=C/N1CCN(c2nc3ccccc3[nH]2)CC1. The largest absolute Gasteiger partial charge is 0.402 e. The molecule has 2 aromatic carbocycles. The zero-order valence-electron chi connectivity index (χ0n) is 17.2.